The zero-order valence-electron chi connectivity index (χ0n) is 23.1. The van der Waals surface area contributed by atoms with E-state index in [0.29, 0.717) is 6.61 Å². The normalized spacial score (nSPS) is 33.5. The third-order valence-corrected chi connectivity index (χ3v) is 11.7. The summed E-state index contributed by atoms with van der Waals surface area (Å²) < 4.78 is 47.5. The fourth-order valence-corrected chi connectivity index (χ4v) is 10.3. The monoisotopic (exact) mass is 544 g/mol. The van der Waals surface area contributed by atoms with Crippen LogP contribution in [0.4, 0.5) is 0 Å². The molecule has 2 saturated heterocycles. The molecule has 0 unspecified atom stereocenters. The van der Waals surface area contributed by atoms with Crippen LogP contribution >= 0.6 is 0 Å². The maximum absolute atomic E-state index is 12.0. The van der Waals surface area contributed by atoms with Crippen LogP contribution < -0.4 is 0 Å². The van der Waals surface area contributed by atoms with Gasteiger partial charge in [0.25, 0.3) is 0 Å². The van der Waals surface area contributed by atoms with Gasteiger partial charge in [0.2, 0.25) is 0 Å². The van der Waals surface area contributed by atoms with Crippen molar-refractivity contribution in [3.8, 4) is 0 Å². The predicted molar refractivity (Wildman–Crippen MR) is 131 cm³/mol. The van der Waals surface area contributed by atoms with Gasteiger partial charge in [0, 0.05) is 30.8 Å². The lowest BCUT2D eigenvalue weighted by Crippen LogP contribution is -2.68. The summed E-state index contributed by atoms with van der Waals surface area (Å²) in [6.07, 6.45) is -2.80. The van der Waals surface area contributed by atoms with Crippen LogP contribution in [0, 0.1) is 0 Å². The molecule has 0 aromatic rings. The van der Waals surface area contributed by atoms with Crippen molar-refractivity contribution in [2.75, 3.05) is 13.2 Å². The van der Waals surface area contributed by atoms with E-state index < -0.39 is 69.4 Å². The SMILES string of the molecule is CC(=O)O[C@@H]1[C@@H](OC(C)=O)[C@H](O[C@@H]2C=CO[C@@H]3CO[Si](C(C)(C)C)(C(C)(C)C)O[C@@H]23)OC[C@H]1OC(C)=O. The molecule has 3 aliphatic heterocycles. The van der Waals surface area contributed by atoms with Crippen LogP contribution in [0.5, 0.6) is 0 Å². The van der Waals surface area contributed by atoms with Crippen molar-refractivity contribution in [3.63, 3.8) is 0 Å². The lowest BCUT2D eigenvalue weighted by atomic mass is 10.0. The number of hydrogen-bond donors (Lipinski definition) is 0. The van der Waals surface area contributed by atoms with E-state index in [9.17, 15) is 14.4 Å². The molecule has 3 rings (SSSR count). The predicted octanol–water partition coefficient (Wildman–Crippen LogP) is 2.89. The number of carbonyl (C=O) groups excluding carboxylic acids is 3. The van der Waals surface area contributed by atoms with Crippen molar-refractivity contribution >= 4 is 26.5 Å². The van der Waals surface area contributed by atoms with Crippen molar-refractivity contribution in [2.24, 2.45) is 0 Å². The first-order chi connectivity index (χ1) is 17.1. The van der Waals surface area contributed by atoms with Crippen LogP contribution in [-0.2, 0) is 51.7 Å². The minimum absolute atomic E-state index is 0.131. The van der Waals surface area contributed by atoms with Gasteiger partial charge in [0.05, 0.1) is 19.5 Å². The Morgan fingerprint density at radius 1 is 0.838 bits per heavy atom. The van der Waals surface area contributed by atoms with Gasteiger partial charge in [-0.15, -0.1) is 0 Å². The highest BCUT2D eigenvalue weighted by Crippen LogP contribution is 2.55. The third kappa shape index (κ3) is 6.36. The Morgan fingerprint density at radius 3 is 1.95 bits per heavy atom. The van der Waals surface area contributed by atoms with Crippen molar-refractivity contribution in [3.05, 3.63) is 12.3 Å². The summed E-state index contributed by atoms with van der Waals surface area (Å²) in [5, 5.41) is -0.525. The van der Waals surface area contributed by atoms with Gasteiger partial charge >= 0.3 is 26.5 Å². The zero-order chi connectivity index (χ0) is 27.8. The number of hydrogen-bond acceptors (Lipinski definition) is 11. The van der Waals surface area contributed by atoms with Crippen LogP contribution in [-0.4, -0.2) is 82.6 Å². The average Bonchev–Trinajstić information content (AvgIpc) is 2.75. The molecular weight excluding hydrogens is 504 g/mol. The molecule has 0 spiro atoms. The maximum atomic E-state index is 12.0. The van der Waals surface area contributed by atoms with E-state index >= 15 is 0 Å². The second-order valence-corrected chi connectivity index (χ2v) is 16.4. The average molecular weight is 545 g/mol. The van der Waals surface area contributed by atoms with Crippen molar-refractivity contribution < 1.29 is 51.7 Å². The molecule has 0 aromatic heterocycles. The number of fused-ring (bicyclic) bond motifs is 1. The van der Waals surface area contributed by atoms with Gasteiger partial charge in [0.1, 0.15) is 18.3 Å². The van der Waals surface area contributed by atoms with E-state index in [0.717, 1.165) is 0 Å². The first-order valence-electron chi connectivity index (χ1n) is 12.5. The summed E-state index contributed by atoms with van der Waals surface area (Å²) in [6.45, 7) is 16.5. The molecule has 0 saturated carbocycles. The molecule has 210 valence electrons. The van der Waals surface area contributed by atoms with Crippen LogP contribution in [0.1, 0.15) is 62.3 Å². The van der Waals surface area contributed by atoms with Gasteiger partial charge in [-0.1, -0.05) is 41.5 Å². The molecule has 2 fully saturated rings. The van der Waals surface area contributed by atoms with Crippen molar-refractivity contribution in [1.82, 2.24) is 0 Å². The van der Waals surface area contributed by atoms with E-state index in [1.165, 1.54) is 27.0 Å². The van der Waals surface area contributed by atoms with E-state index in [4.69, 9.17) is 37.3 Å². The Morgan fingerprint density at radius 2 is 1.41 bits per heavy atom. The fraction of sp³-hybridized carbons (Fsp3) is 0.800. The summed E-state index contributed by atoms with van der Waals surface area (Å²) in [4.78, 5) is 35.5. The molecule has 0 radical (unpaired) electrons. The first kappa shape index (κ1) is 29.6. The summed E-state index contributed by atoms with van der Waals surface area (Å²) in [5.74, 6) is -1.87. The smallest absolute Gasteiger partial charge is 0.349 e. The minimum Gasteiger partial charge on any atom is -0.493 e. The van der Waals surface area contributed by atoms with Gasteiger partial charge < -0.3 is 37.3 Å². The van der Waals surface area contributed by atoms with E-state index in [1.54, 1.807) is 6.08 Å². The lowest BCUT2D eigenvalue weighted by molar-refractivity contribution is -0.297. The highest BCUT2D eigenvalue weighted by molar-refractivity contribution is 6.73. The Labute approximate surface area is 219 Å². The molecule has 0 bridgehead atoms. The zero-order valence-corrected chi connectivity index (χ0v) is 24.1. The third-order valence-electron chi connectivity index (χ3n) is 6.54. The number of rotatable bonds is 5. The first-order valence-corrected chi connectivity index (χ1v) is 14.3. The molecule has 7 atom stereocenters. The van der Waals surface area contributed by atoms with Crippen LogP contribution in [0.2, 0.25) is 10.1 Å². The maximum Gasteiger partial charge on any atom is 0.349 e. The molecule has 3 heterocycles. The van der Waals surface area contributed by atoms with Gasteiger partial charge in [-0.05, 0) is 6.08 Å². The van der Waals surface area contributed by atoms with E-state index in [1.807, 2.05) is 0 Å². The second-order valence-electron chi connectivity index (χ2n) is 11.6. The van der Waals surface area contributed by atoms with Gasteiger partial charge in [-0.2, -0.15) is 0 Å². The number of esters is 3. The molecule has 0 aromatic carbocycles. The summed E-state index contributed by atoms with van der Waals surface area (Å²) >= 11 is 0. The van der Waals surface area contributed by atoms with Gasteiger partial charge in [-0.3, -0.25) is 14.4 Å². The van der Waals surface area contributed by atoms with Crippen LogP contribution in [0.25, 0.3) is 0 Å². The topological polar surface area (TPSA) is 125 Å². The van der Waals surface area contributed by atoms with Gasteiger partial charge in [0.15, 0.2) is 24.6 Å². The van der Waals surface area contributed by atoms with Crippen molar-refractivity contribution in [2.45, 2.75) is 115 Å². The largest absolute Gasteiger partial charge is 0.493 e. The second kappa shape index (κ2) is 11.0. The standard InChI is InChI=1S/C25H40O11Si/c1-14(26)32-19-12-30-23(22(34-16(3)28)21(19)33-15(2)27)35-17-10-11-29-18-13-31-37(24(4,5)6,25(7,8)9)36-20(17)18/h10-11,17-23H,12-13H2,1-9H3/t17-,18-,19-,20+,21+,22-,23+/m1/s1. The highest BCUT2D eigenvalue weighted by Gasteiger charge is 2.63. The van der Waals surface area contributed by atoms with E-state index in [2.05, 4.69) is 41.5 Å². The van der Waals surface area contributed by atoms with Crippen LogP contribution in [0.15, 0.2) is 12.3 Å². The summed E-state index contributed by atoms with van der Waals surface area (Å²) in [6, 6.07) is 0. The van der Waals surface area contributed by atoms with Gasteiger partial charge in [-0.25, -0.2) is 0 Å². The minimum atomic E-state index is -2.86. The van der Waals surface area contributed by atoms with Crippen molar-refractivity contribution in [1.29, 1.82) is 0 Å². The quantitative estimate of drug-likeness (QED) is 0.288. The Bertz CT molecular complexity index is 876. The molecule has 0 amide bonds. The molecule has 11 nitrogen and oxygen atoms in total. The molecule has 12 heteroatoms. The Kier molecular flexibility index (Phi) is 8.80. The molecular formula is C25H40O11Si. The lowest BCUT2D eigenvalue weighted by Gasteiger charge is -2.56. The summed E-state index contributed by atoms with van der Waals surface area (Å²) in [5.41, 5.74) is 0. The number of ether oxygens (including phenoxy) is 6. The Hall–Kier alpha value is -1.99. The molecule has 0 aliphatic carbocycles. The summed E-state index contributed by atoms with van der Waals surface area (Å²) in [7, 11) is -2.86. The van der Waals surface area contributed by atoms with Crippen LogP contribution in [0.3, 0.4) is 0 Å². The Balaban J connectivity index is 1.90. The molecule has 37 heavy (non-hydrogen) atoms. The fourth-order valence-electron chi connectivity index (χ4n) is 5.34. The van der Waals surface area contributed by atoms with E-state index in [-0.39, 0.29) is 16.7 Å². The highest BCUT2D eigenvalue weighted by atomic mass is 28.4. The molecule has 3 aliphatic rings. The molecule has 0 N–H and O–H groups in total. The number of carbonyl (C=O) groups is 3.